The van der Waals surface area contributed by atoms with Crippen LogP contribution in [0.25, 0.3) is 10.4 Å². The van der Waals surface area contributed by atoms with E-state index < -0.39 is 19.3 Å². The summed E-state index contributed by atoms with van der Waals surface area (Å²) in [6.07, 6.45) is 0. The van der Waals surface area contributed by atoms with E-state index in [1.54, 1.807) is 24.3 Å². The molecule has 160 valence electrons. The van der Waals surface area contributed by atoms with Crippen LogP contribution in [0.1, 0.15) is 23.5 Å². The summed E-state index contributed by atoms with van der Waals surface area (Å²) in [4.78, 5) is 12.2. The molecule has 3 rings (SSSR count). The van der Waals surface area contributed by atoms with E-state index in [4.69, 9.17) is 27.7 Å². The molecule has 1 aromatic heterocycles. The van der Waals surface area contributed by atoms with Gasteiger partial charge in [-0.25, -0.2) is 9.18 Å². The third kappa shape index (κ3) is 5.42. The van der Waals surface area contributed by atoms with Crippen LogP contribution >= 0.6 is 42.1 Å². The van der Waals surface area contributed by atoms with Gasteiger partial charge in [-0.15, -0.1) is 11.3 Å². The normalized spacial score (nSPS) is 12.5. The molecule has 0 amide bonds. The molecule has 5 nitrogen and oxygen atoms in total. The first-order chi connectivity index (χ1) is 14.2. The minimum absolute atomic E-state index is 0.0574. The fourth-order valence-electron chi connectivity index (χ4n) is 2.47. The number of aromatic carboxylic acids is 1. The van der Waals surface area contributed by atoms with Gasteiger partial charge >= 0.3 is 13.5 Å². The first-order valence-electron chi connectivity index (χ1n) is 8.76. The number of thiophene rings is 1. The number of hydrogen-bond acceptors (Lipinski definition) is 4. The van der Waals surface area contributed by atoms with Gasteiger partial charge in [-0.2, -0.15) is 0 Å². The fraction of sp³-hybridized carbons (Fsp3) is 0.150. The van der Waals surface area contributed by atoms with E-state index in [1.165, 1.54) is 18.2 Å². The summed E-state index contributed by atoms with van der Waals surface area (Å²) in [6, 6.07) is 12.0. The zero-order valence-corrected chi connectivity index (χ0v) is 19.5. The summed E-state index contributed by atoms with van der Waals surface area (Å²) in [5.41, 5.74) is 0.789. The van der Waals surface area contributed by atoms with Crippen molar-refractivity contribution in [3.05, 3.63) is 69.3 Å². The molecule has 0 bridgehead atoms. The highest BCUT2D eigenvalue weighted by Crippen LogP contribution is 2.48. The molecule has 0 fully saturated rings. The average molecular weight is 490 g/mol. The van der Waals surface area contributed by atoms with E-state index in [0.717, 1.165) is 30.1 Å². The highest BCUT2D eigenvalue weighted by Gasteiger charge is 2.31. The van der Waals surface area contributed by atoms with Crippen LogP contribution in [0.2, 0.25) is 10.0 Å². The SMILES string of the molecule is CC.COP(=O)(Nc1cc(-c2ccc(Cl)cc2)sc1C(=O)O)c1ccc(Cl)cc1F. The van der Waals surface area contributed by atoms with E-state index in [0.29, 0.717) is 9.90 Å². The zero-order valence-electron chi connectivity index (χ0n) is 16.3. The lowest BCUT2D eigenvalue weighted by Gasteiger charge is -2.19. The Bertz CT molecular complexity index is 1090. The molecule has 30 heavy (non-hydrogen) atoms. The monoisotopic (exact) mass is 489 g/mol. The van der Waals surface area contributed by atoms with Gasteiger partial charge in [0, 0.05) is 22.0 Å². The first kappa shape index (κ1) is 24.4. The standard InChI is InChI=1S/C18H13Cl2FNO4PS.C2H6/c1-26-27(25,15-7-6-12(20)8-13(15)21)22-14-9-16(28-17(14)18(23)24)10-2-4-11(19)5-3-10;1-2/h2-9H,1H3,(H,22,25)(H,23,24);1-2H3. The van der Waals surface area contributed by atoms with E-state index in [1.807, 2.05) is 13.8 Å². The molecule has 10 heteroatoms. The van der Waals surface area contributed by atoms with E-state index >= 15 is 0 Å². The van der Waals surface area contributed by atoms with Gasteiger partial charge in [0.25, 0.3) is 0 Å². The highest BCUT2D eigenvalue weighted by atomic mass is 35.5. The van der Waals surface area contributed by atoms with Gasteiger partial charge in [-0.3, -0.25) is 4.57 Å². The quantitative estimate of drug-likeness (QED) is 0.359. The number of benzene rings is 2. The van der Waals surface area contributed by atoms with Crippen LogP contribution in [0.4, 0.5) is 10.1 Å². The minimum atomic E-state index is -3.95. The third-order valence-electron chi connectivity index (χ3n) is 3.81. The second kappa shape index (κ2) is 10.4. The molecule has 0 saturated carbocycles. The second-order valence-corrected chi connectivity index (χ2v) is 9.71. The highest BCUT2D eigenvalue weighted by molar-refractivity contribution is 7.68. The van der Waals surface area contributed by atoms with E-state index in [9.17, 15) is 18.9 Å². The van der Waals surface area contributed by atoms with E-state index in [-0.39, 0.29) is 20.9 Å². The number of halogens is 3. The molecular formula is C20H19Cl2FNO4PS. The minimum Gasteiger partial charge on any atom is -0.477 e. The number of nitrogens with one attached hydrogen (secondary N) is 1. The summed E-state index contributed by atoms with van der Waals surface area (Å²) in [7, 11) is -2.80. The largest absolute Gasteiger partial charge is 0.477 e. The number of carboxylic acids is 1. The van der Waals surface area contributed by atoms with Crippen molar-refractivity contribution >= 4 is 59.0 Å². The summed E-state index contributed by atoms with van der Waals surface area (Å²) >= 11 is 12.6. The summed E-state index contributed by atoms with van der Waals surface area (Å²) in [5, 5.41) is 12.6. The average Bonchev–Trinajstić information content (AvgIpc) is 3.13. The molecule has 0 aliphatic carbocycles. The molecule has 0 radical (unpaired) electrons. The number of carboxylic acid groups (broad SMARTS) is 1. The predicted octanol–water partition coefficient (Wildman–Crippen LogP) is 7.16. The van der Waals surface area contributed by atoms with Crippen LogP contribution in [0.3, 0.4) is 0 Å². The van der Waals surface area contributed by atoms with Gasteiger partial charge in [0.1, 0.15) is 10.7 Å². The lowest BCUT2D eigenvalue weighted by molar-refractivity contribution is 0.0703. The Morgan fingerprint density at radius 3 is 2.23 bits per heavy atom. The molecule has 3 aromatic rings. The number of rotatable bonds is 6. The Morgan fingerprint density at radius 1 is 1.10 bits per heavy atom. The van der Waals surface area contributed by atoms with Gasteiger partial charge in [-0.1, -0.05) is 49.2 Å². The Kier molecular flexibility index (Phi) is 8.47. The van der Waals surface area contributed by atoms with Gasteiger partial charge in [0.15, 0.2) is 0 Å². The van der Waals surface area contributed by atoms with Gasteiger partial charge in [0.05, 0.1) is 11.0 Å². The van der Waals surface area contributed by atoms with Gasteiger partial charge < -0.3 is 14.7 Å². The summed E-state index contributed by atoms with van der Waals surface area (Å²) in [5.74, 6) is -2.04. The maximum absolute atomic E-state index is 14.3. The van der Waals surface area contributed by atoms with Crippen LogP contribution in [0, 0.1) is 5.82 Å². The zero-order chi connectivity index (χ0) is 22.5. The topological polar surface area (TPSA) is 75.6 Å². The van der Waals surface area contributed by atoms with Crippen molar-refractivity contribution in [2.75, 3.05) is 12.2 Å². The maximum atomic E-state index is 14.3. The Balaban J connectivity index is 0.00000155. The van der Waals surface area contributed by atoms with Crippen LogP contribution < -0.4 is 10.4 Å². The van der Waals surface area contributed by atoms with Crippen LogP contribution in [-0.4, -0.2) is 18.2 Å². The number of hydrogen-bond donors (Lipinski definition) is 2. The van der Waals surface area contributed by atoms with Crippen molar-refractivity contribution in [2.24, 2.45) is 0 Å². The molecule has 0 aliphatic rings. The smallest absolute Gasteiger partial charge is 0.348 e. The molecule has 2 aromatic carbocycles. The molecule has 1 atom stereocenters. The van der Waals surface area contributed by atoms with Crippen molar-refractivity contribution < 1.29 is 23.4 Å². The Labute approximate surface area is 187 Å². The van der Waals surface area contributed by atoms with E-state index in [2.05, 4.69) is 5.09 Å². The number of carbonyl (C=O) groups is 1. The van der Waals surface area contributed by atoms with Gasteiger partial charge in [0.2, 0.25) is 0 Å². The molecule has 1 heterocycles. The third-order valence-corrected chi connectivity index (χ3v) is 7.51. The molecule has 0 saturated heterocycles. The van der Waals surface area contributed by atoms with Crippen LogP contribution in [-0.2, 0) is 9.09 Å². The summed E-state index contributed by atoms with van der Waals surface area (Å²) < 4.78 is 32.6. The Hall–Kier alpha value is -1.89. The van der Waals surface area contributed by atoms with Crippen molar-refractivity contribution in [3.8, 4) is 10.4 Å². The lowest BCUT2D eigenvalue weighted by atomic mass is 10.2. The maximum Gasteiger partial charge on any atom is 0.348 e. The van der Waals surface area contributed by atoms with Crippen molar-refractivity contribution in [1.82, 2.24) is 0 Å². The summed E-state index contributed by atoms with van der Waals surface area (Å²) in [6.45, 7) is 4.00. The molecule has 0 spiro atoms. The molecule has 1 unspecified atom stereocenters. The van der Waals surface area contributed by atoms with Crippen LogP contribution in [0.5, 0.6) is 0 Å². The lowest BCUT2D eigenvalue weighted by Crippen LogP contribution is -2.17. The van der Waals surface area contributed by atoms with Crippen molar-refractivity contribution in [2.45, 2.75) is 13.8 Å². The molecule has 0 aliphatic heterocycles. The second-order valence-electron chi connectivity index (χ2n) is 5.61. The van der Waals surface area contributed by atoms with Gasteiger partial charge in [-0.05, 0) is 42.0 Å². The number of anilines is 1. The predicted molar refractivity (Wildman–Crippen MR) is 122 cm³/mol. The first-order valence-corrected chi connectivity index (χ1v) is 12.0. The fourth-order valence-corrected chi connectivity index (χ4v) is 5.31. The molecular weight excluding hydrogens is 471 g/mol. The van der Waals surface area contributed by atoms with Crippen molar-refractivity contribution in [1.29, 1.82) is 0 Å². The Morgan fingerprint density at radius 2 is 1.70 bits per heavy atom. The molecule has 2 N–H and O–H groups in total. The van der Waals surface area contributed by atoms with Crippen molar-refractivity contribution in [3.63, 3.8) is 0 Å². The van der Waals surface area contributed by atoms with Crippen LogP contribution in [0.15, 0.2) is 48.5 Å².